The predicted molar refractivity (Wildman–Crippen MR) is 115 cm³/mol. The van der Waals surface area contributed by atoms with Gasteiger partial charge in [-0.2, -0.15) is 0 Å². The average Bonchev–Trinajstić information content (AvgIpc) is 3.28. The summed E-state index contributed by atoms with van der Waals surface area (Å²) in [6, 6.07) is 18.9. The van der Waals surface area contributed by atoms with E-state index in [-0.39, 0.29) is 11.9 Å². The third-order valence-corrected chi connectivity index (χ3v) is 5.27. The van der Waals surface area contributed by atoms with E-state index in [9.17, 15) is 4.79 Å². The highest BCUT2D eigenvalue weighted by Gasteiger charge is 2.19. The molecule has 1 unspecified atom stereocenters. The van der Waals surface area contributed by atoms with E-state index >= 15 is 0 Å². The molecule has 6 heteroatoms. The molecule has 4 rings (SSSR count). The third-order valence-electron chi connectivity index (χ3n) is 5.27. The molecule has 1 amide bonds. The Morgan fingerprint density at radius 3 is 2.30 bits per heavy atom. The van der Waals surface area contributed by atoms with E-state index in [2.05, 4.69) is 15.2 Å². The molecule has 2 aromatic carbocycles. The van der Waals surface area contributed by atoms with Crippen LogP contribution in [0.3, 0.4) is 0 Å². The predicted octanol–water partition coefficient (Wildman–Crippen LogP) is 4.94. The highest BCUT2D eigenvalue weighted by atomic mass is 16.4. The van der Waals surface area contributed by atoms with Gasteiger partial charge in [0.2, 0.25) is 11.8 Å². The summed E-state index contributed by atoms with van der Waals surface area (Å²) in [6.45, 7) is 4.00. The van der Waals surface area contributed by atoms with Crippen LogP contribution in [0, 0.1) is 6.92 Å². The first-order valence-electron chi connectivity index (χ1n) is 9.71. The van der Waals surface area contributed by atoms with Crippen LogP contribution in [-0.4, -0.2) is 33.0 Å². The Hall–Kier alpha value is -3.80. The van der Waals surface area contributed by atoms with Gasteiger partial charge in [0.15, 0.2) is 0 Å². The largest absolute Gasteiger partial charge is 0.416 e. The van der Waals surface area contributed by atoms with Gasteiger partial charge >= 0.3 is 0 Å². The minimum absolute atomic E-state index is 0.0583. The van der Waals surface area contributed by atoms with E-state index in [4.69, 9.17) is 4.42 Å². The van der Waals surface area contributed by atoms with Crippen LogP contribution >= 0.6 is 0 Å². The van der Waals surface area contributed by atoms with Crippen LogP contribution in [0.5, 0.6) is 0 Å². The summed E-state index contributed by atoms with van der Waals surface area (Å²) in [7, 11) is 1.80. The van der Waals surface area contributed by atoms with Gasteiger partial charge in [0.05, 0.1) is 6.04 Å². The molecular formula is C24H22N4O2. The van der Waals surface area contributed by atoms with Gasteiger partial charge in [0, 0.05) is 36.1 Å². The summed E-state index contributed by atoms with van der Waals surface area (Å²) in [5.74, 6) is 0.844. The van der Waals surface area contributed by atoms with Crippen LogP contribution in [0.2, 0.25) is 0 Å². The lowest BCUT2D eigenvalue weighted by molar-refractivity contribution is 0.0742. The molecular weight excluding hydrogens is 376 g/mol. The number of rotatable bonds is 5. The van der Waals surface area contributed by atoms with E-state index in [1.165, 1.54) is 0 Å². The van der Waals surface area contributed by atoms with Gasteiger partial charge in [0.1, 0.15) is 0 Å². The highest BCUT2D eigenvalue weighted by molar-refractivity contribution is 5.94. The van der Waals surface area contributed by atoms with E-state index in [1.807, 2.05) is 62.4 Å². The number of nitrogens with zero attached hydrogens (tertiary/aromatic N) is 4. The summed E-state index contributed by atoms with van der Waals surface area (Å²) in [5, 5.41) is 8.33. The quantitative estimate of drug-likeness (QED) is 0.476. The number of pyridine rings is 1. The Morgan fingerprint density at radius 1 is 0.933 bits per heavy atom. The summed E-state index contributed by atoms with van der Waals surface area (Å²) < 4.78 is 5.86. The van der Waals surface area contributed by atoms with Crippen molar-refractivity contribution in [3.63, 3.8) is 0 Å². The van der Waals surface area contributed by atoms with Crippen molar-refractivity contribution in [2.45, 2.75) is 19.9 Å². The molecule has 1 atom stereocenters. The number of hydrogen-bond acceptors (Lipinski definition) is 5. The van der Waals surface area contributed by atoms with E-state index in [0.29, 0.717) is 17.3 Å². The lowest BCUT2D eigenvalue weighted by Gasteiger charge is -2.25. The second-order valence-electron chi connectivity index (χ2n) is 7.18. The van der Waals surface area contributed by atoms with Crippen LogP contribution in [0.15, 0.2) is 77.5 Å². The maximum atomic E-state index is 12.9. The molecule has 2 heterocycles. The molecule has 0 spiro atoms. The first kappa shape index (κ1) is 19.5. The molecule has 30 heavy (non-hydrogen) atoms. The number of benzene rings is 2. The topological polar surface area (TPSA) is 72.1 Å². The van der Waals surface area contributed by atoms with Crippen LogP contribution in [0.1, 0.15) is 34.5 Å². The van der Waals surface area contributed by atoms with Crippen molar-refractivity contribution in [2.75, 3.05) is 7.05 Å². The van der Waals surface area contributed by atoms with Crippen LogP contribution in [0.4, 0.5) is 0 Å². The Bertz CT molecular complexity index is 1150. The van der Waals surface area contributed by atoms with Gasteiger partial charge in [-0.25, -0.2) is 0 Å². The first-order valence-corrected chi connectivity index (χ1v) is 9.71. The zero-order chi connectivity index (χ0) is 21.1. The van der Waals surface area contributed by atoms with E-state index in [1.54, 1.807) is 36.5 Å². The molecule has 0 N–H and O–H groups in total. The molecule has 0 saturated carbocycles. The Balaban J connectivity index is 1.52. The molecule has 0 bridgehead atoms. The second-order valence-corrected chi connectivity index (χ2v) is 7.18. The smallest absolute Gasteiger partial charge is 0.254 e. The molecule has 2 aromatic heterocycles. The molecule has 6 nitrogen and oxygen atoms in total. The van der Waals surface area contributed by atoms with E-state index in [0.717, 1.165) is 22.3 Å². The zero-order valence-corrected chi connectivity index (χ0v) is 17.1. The molecule has 4 aromatic rings. The molecule has 0 aliphatic carbocycles. The lowest BCUT2D eigenvalue weighted by Crippen LogP contribution is -2.29. The minimum atomic E-state index is -0.0622. The first-order chi connectivity index (χ1) is 14.5. The van der Waals surface area contributed by atoms with Crippen molar-refractivity contribution < 1.29 is 9.21 Å². The molecule has 0 aliphatic heterocycles. The van der Waals surface area contributed by atoms with Gasteiger partial charge in [-0.05, 0) is 67.4 Å². The maximum absolute atomic E-state index is 12.9. The van der Waals surface area contributed by atoms with E-state index < -0.39 is 0 Å². The number of aromatic nitrogens is 3. The molecule has 0 radical (unpaired) electrons. The number of hydrogen-bond donors (Lipinski definition) is 0. The van der Waals surface area contributed by atoms with Crippen LogP contribution in [-0.2, 0) is 0 Å². The standard InChI is InChI=1S/C24H22N4O2/c1-16-6-4-5-7-21(16)23-27-26-22(30-23)19-8-10-20(11-9-19)24(29)28(3)17(2)18-12-14-25-15-13-18/h4-15,17H,1-3H3. The fourth-order valence-corrected chi connectivity index (χ4v) is 3.26. The lowest BCUT2D eigenvalue weighted by atomic mass is 10.1. The minimum Gasteiger partial charge on any atom is -0.416 e. The van der Waals surface area contributed by atoms with Crippen molar-refractivity contribution in [1.29, 1.82) is 0 Å². The van der Waals surface area contributed by atoms with Gasteiger partial charge in [-0.3, -0.25) is 9.78 Å². The highest BCUT2D eigenvalue weighted by Crippen LogP contribution is 2.27. The number of carbonyl (C=O) groups is 1. The van der Waals surface area contributed by atoms with Crippen molar-refractivity contribution in [2.24, 2.45) is 0 Å². The molecule has 0 aliphatic rings. The third kappa shape index (κ3) is 3.85. The number of carbonyl (C=O) groups excluding carboxylic acids is 1. The van der Waals surface area contributed by atoms with Gasteiger partial charge < -0.3 is 9.32 Å². The summed E-state index contributed by atoms with van der Waals surface area (Å²) >= 11 is 0. The Labute approximate surface area is 175 Å². The summed E-state index contributed by atoms with van der Waals surface area (Å²) in [6.07, 6.45) is 3.46. The second kappa shape index (κ2) is 8.29. The number of aryl methyl sites for hydroxylation is 1. The molecule has 150 valence electrons. The molecule has 0 saturated heterocycles. The summed E-state index contributed by atoms with van der Waals surface area (Å²) in [4.78, 5) is 18.6. The van der Waals surface area contributed by atoms with Crippen LogP contribution in [0.25, 0.3) is 22.9 Å². The summed E-state index contributed by atoms with van der Waals surface area (Å²) in [5.41, 5.74) is 4.38. The Kier molecular flexibility index (Phi) is 5.39. The van der Waals surface area contributed by atoms with Gasteiger partial charge in [-0.1, -0.05) is 18.2 Å². The van der Waals surface area contributed by atoms with Crippen molar-refractivity contribution in [3.8, 4) is 22.9 Å². The van der Waals surface area contributed by atoms with Gasteiger partial charge in [0.25, 0.3) is 5.91 Å². The van der Waals surface area contributed by atoms with Crippen molar-refractivity contribution in [3.05, 3.63) is 89.7 Å². The van der Waals surface area contributed by atoms with Crippen molar-refractivity contribution >= 4 is 5.91 Å². The monoisotopic (exact) mass is 398 g/mol. The zero-order valence-electron chi connectivity index (χ0n) is 17.1. The average molecular weight is 398 g/mol. The van der Waals surface area contributed by atoms with Crippen LogP contribution < -0.4 is 0 Å². The molecule has 0 fully saturated rings. The normalized spacial score (nSPS) is 11.8. The fourth-order valence-electron chi connectivity index (χ4n) is 3.26. The van der Waals surface area contributed by atoms with Crippen molar-refractivity contribution in [1.82, 2.24) is 20.1 Å². The SMILES string of the molecule is Cc1ccccc1-c1nnc(-c2ccc(C(=O)N(C)C(C)c3ccncc3)cc2)o1. The van der Waals surface area contributed by atoms with Gasteiger partial charge in [-0.15, -0.1) is 10.2 Å². The maximum Gasteiger partial charge on any atom is 0.254 e. The number of amides is 1. The fraction of sp³-hybridized carbons (Fsp3) is 0.167. The Morgan fingerprint density at radius 2 is 1.60 bits per heavy atom.